The van der Waals surface area contributed by atoms with Gasteiger partial charge in [0.1, 0.15) is 12.0 Å². The van der Waals surface area contributed by atoms with Gasteiger partial charge in [-0.25, -0.2) is 0 Å². The zero-order valence-electron chi connectivity index (χ0n) is 13.4. The first-order chi connectivity index (χ1) is 9.49. The van der Waals surface area contributed by atoms with Gasteiger partial charge in [0.25, 0.3) is 0 Å². The van der Waals surface area contributed by atoms with E-state index in [1.165, 1.54) is 12.8 Å². The maximum atomic E-state index is 10.6. The van der Waals surface area contributed by atoms with Crippen LogP contribution < -0.4 is 0 Å². The van der Waals surface area contributed by atoms with Gasteiger partial charge in [-0.1, -0.05) is 26.2 Å². The Morgan fingerprint density at radius 2 is 1.60 bits per heavy atom. The molecule has 4 nitrogen and oxygen atoms in total. The molecule has 0 aliphatic rings. The summed E-state index contributed by atoms with van der Waals surface area (Å²) in [4.78, 5) is 10.6. The molecule has 0 atom stereocenters. The molecule has 0 bridgehead atoms. The fourth-order valence-electron chi connectivity index (χ4n) is 2.45. The molecular weight excluding hydrogens is 254 g/mol. The minimum Gasteiger partial charge on any atom is -0.507 e. The van der Waals surface area contributed by atoms with E-state index < -0.39 is 5.97 Å². The van der Waals surface area contributed by atoms with Crippen molar-refractivity contribution in [2.24, 2.45) is 0 Å². The second-order valence-electron chi connectivity index (χ2n) is 5.50. The van der Waals surface area contributed by atoms with Gasteiger partial charge in [0.2, 0.25) is 0 Å². The highest BCUT2D eigenvalue weighted by Crippen LogP contribution is 2.16. The normalized spacial score (nSPS) is 12.7. The van der Waals surface area contributed by atoms with E-state index >= 15 is 0 Å². The summed E-state index contributed by atoms with van der Waals surface area (Å²) in [6.45, 7) is 8.90. The van der Waals surface area contributed by atoms with Gasteiger partial charge in [-0.15, -0.1) is 0 Å². The summed E-state index contributed by atoms with van der Waals surface area (Å²) >= 11 is 0. The first-order valence-corrected chi connectivity index (χ1v) is 7.98. The first-order valence-electron chi connectivity index (χ1n) is 7.98. The highest BCUT2D eigenvalue weighted by atomic mass is 16.4. The number of hydrogen-bond acceptors (Lipinski definition) is 2. The van der Waals surface area contributed by atoms with Crippen LogP contribution in [0.4, 0.5) is 0 Å². The third kappa shape index (κ3) is 8.20. The zero-order valence-corrected chi connectivity index (χ0v) is 13.4. The summed E-state index contributed by atoms with van der Waals surface area (Å²) in [5, 5.41) is 18.8. The quantitative estimate of drug-likeness (QED) is 0.323. The minimum absolute atomic E-state index is 0.200. The van der Waals surface area contributed by atoms with Gasteiger partial charge >= 0.3 is 5.97 Å². The van der Waals surface area contributed by atoms with Crippen LogP contribution in [0, 0.1) is 0 Å². The van der Waals surface area contributed by atoms with Crippen molar-refractivity contribution >= 4 is 5.97 Å². The monoisotopic (exact) mass is 286 g/mol. The molecule has 2 N–H and O–H groups in total. The fraction of sp³-hybridized carbons (Fsp3) is 0.812. The summed E-state index contributed by atoms with van der Waals surface area (Å²) < 4.78 is 0.674. The lowest BCUT2D eigenvalue weighted by atomic mass is 10.1. The third-order valence-electron chi connectivity index (χ3n) is 3.96. The Bertz CT molecular complexity index is 296. The SMILES string of the molecule is CCCCCC/C(O)=C/[N+](CC)(CC)CCCC(=O)O. The third-order valence-corrected chi connectivity index (χ3v) is 3.96. The fourth-order valence-corrected chi connectivity index (χ4v) is 2.45. The van der Waals surface area contributed by atoms with Gasteiger partial charge in [0.05, 0.1) is 26.1 Å². The molecule has 0 unspecified atom stereocenters. The molecular formula is C16H32NO3+. The number of carboxylic acids is 1. The predicted octanol–water partition coefficient (Wildman–Crippen LogP) is 4.08. The number of quaternary nitrogens is 1. The summed E-state index contributed by atoms with van der Waals surface area (Å²) in [5.74, 6) is -0.289. The molecule has 20 heavy (non-hydrogen) atoms. The first kappa shape index (κ1) is 19.0. The molecule has 0 spiro atoms. The summed E-state index contributed by atoms with van der Waals surface area (Å²) in [5.41, 5.74) is 0. The molecule has 0 aromatic carbocycles. The van der Waals surface area contributed by atoms with Crippen molar-refractivity contribution in [2.45, 2.75) is 65.7 Å². The number of nitrogens with zero attached hydrogens (tertiary/aromatic N) is 1. The average molecular weight is 286 g/mol. The summed E-state index contributed by atoms with van der Waals surface area (Å²) in [7, 11) is 0. The van der Waals surface area contributed by atoms with Crippen LogP contribution in [0.1, 0.15) is 65.7 Å². The van der Waals surface area contributed by atoms with Gasteiger partial charge in [-0.3, -0.25) is 9.28 Å². The smallest absolute Gasteiger partial charge is 0.303 e. The Hall–Kier alpha value is -1.03. The van der Waals surface area contributed by atoms with E-state index in [0.717, 1.165) is 38.9 Å². The molecule has 0 radical (unpaired) electrons. The van der Waals surface area contributed by atoms with Crippen LogP contribution in [0.15, 0.2) is 12.0 Å². The van der Waals surface area contributed by atoms with Crippen LogP contribution >= 0.6 is 0 Å². The van der Waals surface area contributed by atoms with E-state index in [9.17, 15) is 9.90 Å². The molecule has 4 heteroatoms. The summed E-state index contributed by atoms with van der Waals surface area (Å²) in [6.07, 6.45) is 8.12. The minimum atomic E-state index is -0.747. The maximum Gasteiger partial charge on any atom is 0.303 e. The zero-order chi connectivity index (χ0) is 15.4. The molecule has 0 aromatic rings. The van der Waals surface area contributed by atoms with E-state index in [4.69, 9.17) is 5.11 Å². The Balaban J connectivity index is 4.42. The van der Waals surface area contributed by atoms with E-state index in [2.05, 4.69) is 20.8 Å². The average Bonchev–Trinajstić information content (AvgIpc) is 2.42. The number of aliphatic carboxylic acids is 1. The van der Waals surface area contributed by atoms with Crippen molar-refractivity contribution in [3.8, 4) is 0 Å². The number of rotatable bonds is 12. The van der Waals surface area contributed by atoms with Gasteiger partial charge in [0.15, 0.2) is 0 Å². The van der Waals surface area contributed by atoms with Crippen molar-refractivity contribution in [1.82, 2.24) is 0 Å². The second-order valence-corrected chi connectivity index (χ2v) is 5.50. The van der Waals surface area contributed by atoms with Gasteiger partial charge in [-0.05, 0) is 20.3 Å². The lowest BCUT2D eigenvalue weighted by Gasteiger charge is -2.33. The lowest BCUT2D eigenvalue weighted by Crippen LogP contribution is -2.43. The molecule has 0 aromatic heterocycles. The molecule has 0 fully saturated rings. The second kappa shape index (κ2) is 10.7. The molecule has 0 heterocycles. The van der Waals surface area contributed by atoms with Crippen molar-refractivity contribution in [3.63, 3.8) is 0 Å². The van der Waals surface area contributed by atoms with E-state index in [1.54, 1.807) is 0 Å². The Morgan fingerprint density at radius 3 is 2.10 bits per heavy atom. The number of allylic oxidation sites excluding steroid dienone is 1. The highest BCUT2D eigenvalue weighted by molar-refractivity contribution is 5.66. The predicted molar refractivity (Wildman–Crippen MR) is 82.6 cm³/mol. The van der Waals surface area contributed by atoms with Crippen LogP contribution in [0.5, 0.6) is 0 Å². The van der Waals surface area contributed by atoms with Crippen molar-refractivity contribution in [2.75, 3.05) is 19.6 Å². The Morgan fingerprint density at radius 1 is 0.950 bits per heavy atom. The Labute approximate surface area is 123 Å². The number of unbranched alkanes of at least 4 members (excludes halogenated alkanes) is 3. The van der Waals surface area contributed by atoms with Crippen molar-refractivity contribution in [1.29, 1.82) is 0 Å². The number of carboxylic acid groups (broad SMARTS) is 1. The molecule has 0 rings (SSSR count). The van der Waals surface area contributed by atoms with E-state index in [1.807, 2.05) is 6.20 Å². The van der Waals surface area contributed by atoms with E-state index in [-0.39, 0.29) is 6.42 Å². The molecule has 0 saturated carbocycles. The standard InChI is InChI=1S/C16H31NO3/c1-4-7-8-9-11-15(18)14-17(5-2,6-3)13-10-12-16(19)20/h14H,4-13H2,1-3H3,(H-,18,19,20)/p+1/b15-14-. The molecule has 0 amide bonds. The number of hydrogen-bond donors (Lipinski definition) is 2. The van der Waals surface area contributed by atoms with Crippen LogP contribution in [0.2, 0.25) is 0 Å². The van der Waals surface area contributed by atoms with Gasteiger partial charge < -0.3 is 10.2 Å². The largest absolute Gasteiger partial charge is 0.507 e. The van der Waals surface area contributed by atoms with Crippen molar-refractivity contribution < 1.29 is 19.5 Å². The molecule has 0 aliphatic heterocycles. The topological polar surface area (TPSA) is 57.5 Å². The number of aliphatic hydroxyl groups is 1. The van der Waals surface area contributed by atoms with Crippen LogP contribution in [-0.2, 0) is 4.79 Å². The lowest BCUT2D eigenvalue weighted by molar-refractivity contribution is -0.877. The molecule has 118 valence electrons. The highest BCUT2D eigenvalue weighted by Gasteiger charge is 2.22. The number of carbonyl (C=O) groups is 1. The van der Waals surface area contributed by atoms with Gasteiger partial charge in [0, 0.05) is 12.8 Å². The van der Waals surface area contributed by atoms with Gasteiger partial charge in [-0.2, -0.15) is 0 Å². The molecule has 0 aliphatic carbocycles. The number of aliphatic hydroxyl groups excluding tert-OH is 1. The van der Waals surface area contributed by atoms with Crippen LogP contribution in [0.25, 0.3) is 0 Å². The van der Waals surface area contributed by atoms with Crippen molar-refractivity contribution in [3.05, 3.63) is 12.0 Å². The molecule has 0 saturated heterocycles. The Kier molecular flexibility index (Phi) is 10.2. The van der Waals surface area contributed by atoms with Crippen LogP contribution in [0.3, 0.4) is 0 Å². The van der Waals surface area contributed by atoms with E-state index in [0.29, 0.717) is 16.7 Å². The maximum absolute atomic E-state index is 10.6. The summed E-state index contributed by atoms with van der Waals surface area (Å²) in [6, 6.07) is 0. The van der Waals surface area contributed by atoms with Crippen LogP contribution in [-0.4, -0.2) is 40.3 Å².